The summed E-state index contributed by atoms with van der Waals surface area (Å²) >= 11 is 3.28. The minimum atomic E-state index is -1.13. The first-order chi connectivity index (χ1) is 9.58. The number of nitrogens with zero attached hydrogens (tertiary/aromatic N) is 2. The number of aliphatic hydroxyl groups is 1. The van der Waals surface area contributed by atoms with Crippen molar-refractivity contribution in [2.45, 2.75) is 26.0 Å². The van der Waals surface area contributed by atoms with E-state index in [2.05, 4.69) is 21.0 Å². The molecule has 0 aliphatic rings. The van der Waals surface area contributed by atoms with Gasteiger partial charge in [0, 0.05) is 16.6 Å². The lowest BCUT2D eigenvalue weighted by atomic mass is 10.1. The van der Waals surface area contributed by atoms with Crippen molar-refractivity contribution < 1.29 is 14.2 Å². The molecule has 1 aromatic heterocycles. The zero-order valence-corrected chi connectivity index (χ0v) is 12.9. The Balaban J connectivity index is 2.48. The van der Waals surface area contributed by atoms with Crippen LogP contribution < -0.4 is 4.74 Å². The first-order valence-corrected chi connectivity index (χ1v) is 7.10. The second-order valence-corrected chi connectivity index (χ2v) is 5.31. The van der Waals surface area contributed by atoms with Crippen LogP contribution in [0.2, 0.25) is 0 Å². The van der Waals surface area contributed by atoms with Crippen LogP contribution in [0.1, 0.15) is 30.7 Å². The highest BCUT2D eigenvalue weighted by Crippen LogP contribution is 2.32. The summed E-state index contributed by atoms with van der Waals surface area (Å²) in [6, 6.07) is 4.46. The highest BCUT2D eigenvalue weighted by Gasteiger charge is 2.24. The second kappa shape index (κ2) is 6.37. The Morgan fingerprint density at radius 3 is 2.90 bits per heavy atom. The second-order valence-electron chi connectivity index (χ2n) is 4.39. The van der Waals surface area contributed by atoms with Crippen molar-refractivity contribution in [1.82, 2.24) is 9.78 Å². The topological polar surface area (TPSA) is 47.3 Å². The van der Waals surface area contributed by atoms with Crippen molar-refractivity contribution in [3.8, 4) is 5.75 Å². The monoisotopic (exact) mass is 342 g/mol. The lowest BCUT2D eigenvalue weighted by Gasteiger charge is -2.16. The van der Waals surface area contributed by atoms with Gasteiger partial charge in [-0.25, -0.2) is 4.39 Å². The van der Waals surface area contributed by atoms with Gasteiger partial charge in [-0.15, -0.1) is 0 Å². The van der Waals surface area contributed by atoms with Crippen molar-refractivity contribution in [2.75, 3.05) is 7.11 Å². The van der Waals surface area contributed by atoms with E-state index in [-0.39, 0.29) is 5.56 Å². The molecule has 2 aromatic rings. The van der Waals surface area contributed by atoms with Gasteiger partial charge in [0.25, 0.3) is 0 Å². The predicted molar refractivity (Wildman–Crippen MR) is 77.2 cm³/mol. The Morgan fingerprint density at radius 1 is 1.50 bits per heavy atom. The molecular formula is C14H16BrFN2O2. The number of aryl methyl sites for hydroxylation is 1. The fraction of sp³-hybridized carbons (Fsp3) is 0.357. The fourth-order valence-corrected chi connectivity index (χ4v) is 2.45. The molecule has 0 bridgehead atoms. The summed E-state index contributed by atoms with van der Waals surface area (Å²) in [4.78, 5) is 0. The van der Waals surface area contributed by atoms with Crippen molar-refractivity contribution in [3.63, 3.8) is 0 Å². The van der Waals surface area contributed by atoms with Gasteiger partial charge in [0.05, 0.1) is 13.3 Å². The van der Waals surface area contributed by atoms with Gasteiger partial charge in [-0.3, -0.25) is 4.68 Å². The maximum Gasteiger partial charge on any atom is 0.163 e. The normalized spacial score (nSPS) is 12.4. The van der Waals surface area contributed by atoms with E-state index in [9.17, 15) is 9.50 Å². The van der Waals surface area contributed by atoms with Crippen LogP contribution in [-0.2, 0) is 6.54 Å². The van der Waals surface area contributed by atoms with E-state index in [1.807, 2.05) is 6.92 Å². The van der Waals surface area contributed by atoms with Gasteiger partial charge in [-0.2, -0.15) is 5.10 Å². The summed E-state index contributed by atoms with van der Waals surface area (Å²) in [7, 11) is 1.50. The average molecular weight is 343 g/mol. The standard InChI is InChI=1S/C14H16BrFN2O2/c1-3-6-18-13(12(20-2)8-17-18)14(19)10-7-9(15)4-5-11(10)16/h4-5,7-8,14,19H,3,6H2,1-2H3. The van der Waals surface area contributed by atoms with E-state index < -0.39 is 11.9 Å². The molecule has 2 rings (SSSR count). The SMILES string of the molecule is CCCn1ncc(OC)c1C(O)c1cc(Br)ccc1F. The van der Waals surface area contributed by atoms with E-state index in [0.29, 0.717) is 22.5 Å². The molecule has 0 amide bonds. The van der Waals surface area contributed by atoms with Crippen LogP contribution in [0.3, 0.4) is 0 Å². The number of rotatable bonds is 5. The lowest BCUT2D eigenvalue weighted by molar-refractivity contribution is 0.197. The van der Waals surface area contributed by atoms with Gasteiger partial charge >= 0.3 is 0 Å². The van der Waals surface area contributed by atoms with Gasteiger partial charge in [-0.05, 0) is 24.6 Å². The molecular weight excluding hydrogens is 327 g/mol. The molecule has 4 nitrogen and oxygen atoms in total. The van der Waals surface area contributed by atoms with E-state index in [1.165, 1.54) is 19.4 Å². The average Bonchev–Trinajstić information content (AvgIpc) is 2.84. The third-order valence-corrected chi connectivity index (χ3v) is 3.51. The number of hydrogen-bond acceptors (Lipinski definition) is 3. The van der Waals surface area contributed by atoms with Gasteiger partial charge in [0.2, 0.25) is 0 Å². The minimum Gasteiger partial charge on any atom is -0.493 e. The van der Waals surface area contributed by atoms with Crippen molar-refractivity contribution in [1.29, 1.82) is 0 Å². The van der Waals surface area contributed by atoms with Gasteiger partial charge in [0.1, 0.15) is 17.6 Å². The summed E-state index contributed by atoms with van der Waals surface area (Å²) in [6.07, 6.45) is 1.26. The summed E-state index contributed by atoms with van der Waals surface area (Å²) in [5, 5.41) is 14.7. The largest absolute Gasteiger partial charge is 0.493 e. The predicted octanol–water partition coefficient (Wildman–Crippen LogP) is 3.29. The number of aliphatic hydroxyl groups excluding tert-OH is 1. The van der Waals surface area contributed by atoms with Crippen LogP contribution in [-0.4, -0.2) is 22.0 Å². The molecule has 6 heteroatoms. The first kappa shape index (κ1) is 15.0. The lowest BCUT2D eigenvalue weighted by Crippen LogP contribution is -2.12. The third kappa shape index (κ3) is 2.86. The number of aromatic nitrogens is 2. The zero-order chi connectivity index (χ0) is 14.7. The van der Waals surface area contributed by atoms with E-state index in [0.717, 1.165) is 6.42 Å². The van der Waals surface area contributed by atoms with Crippen LogP contribution >= 0.6 is 15.9 Å². The Morgan fingerprint density at radius 2 is 2.25 bits per heavy atom. The smallest absolute Gasteiger partial charge is 0.163 e. The Labute approximate surface area is 125 Å². The molecule has 1 unspecified atom stereocenters. The molecule has 0 spiro atoms. The Bertz CT molecular complexity index is 601. The molecule has 0 radical (unpaired) electrons. The third-order valence-electron chi connectivity index (χ3n) is 3.01. The molecule has 0 saturated heterocycles. The Kier molecular flexibility index (Phi) is 4.77. The zero-order valence-electron chi connectivity index (χ0n) is 11.3. The van der Waals surface area contributed by atoms with E-state index in [1.54, 1.807) is 16.8 Å². The molecule has 1 aromatic carbocycles. The number of benzene rings is 1. The summed E-state index contributed by atoms with van der Waals surface area (Å²) < 4.78 is 21.5. The minimum absolute atomic E-state index is 0.190. The van der Waals surface area contributed by atoms with Crippen LogP contribution in [0.5, 0.6) is 5.75 Å². The van der Waals surface area contributed by atoms with E-state index in [4.69, 9.17) is 4.74 Å². The summed E-state index contributed by atoms with van der Waals surface area (Å²) in [5.41, 5.74) is 0.655. The van der Waals surface area contributed by atoms with Gasteiger partial charge in [-0.1, -0.05) is 22.9 Å². The first-order valence-electron chi connectivity index (χ1n) is 6.31. The number of halogens is 2. The van der Waals surface area contributed by atoms with Crippen molar-refractivity contribution >= 4 is 15.9 Å². The highest BCUT2D eigenvalue weighted by molar-refractivity contribution is 9.10. The number of methoxy groups -OCH3 is 1. The quantitative estimate of drug-likeness (QED) is 0.906. The van der Waals surface area contributed by atoms with Crippen molar-refractivity contribution in [3.05, 3.63) is 45.9 Å². The summed E-state index contributed by atoms with van der Waals surface area (Å²) in [6.45, 7) is 2.63. The van der Waals surface area contributed by atoms with Crippen LogP contribution in [0.15, 0.2) is 28.9 Å². The van der Waals surface area contributed by atoms with Crippen LogP contribution in [0.4, 0.5) is 4.39 Å². The molecule has 1 atom stereocenters. The van der Waals surface area contributed by atoms with E-state index >= 15 is 0 Å². The van der Waals surface area contributed by atoms with Crippen molar-refractivity contribution in [2.24, 2.45) is 0 Å². The maximum atomic E-state index is 13.9. The number of hydrogen-bond donors (Lipinski definition) is 1. The van der Waals surface area contributed by atoms with Gasteiger partial charge < -0.3 is 9.84 Å². The molecule has 1 N–H and O–H groups in total. The maximum absolute atomic E-state index is 13.9. The molecule has 0 aliphatic carbocycles. The molecule has 20 heavy (non-hydrogen) atoms. The fourth-order valence-electron chi connectivity index (χ4n) is 2.07. The van der Waals surface area contributed by atoms with Crippen LogP contribution in [0, 0.1) is 5.82 Å². The molecule has 1 heterocycles. The summed E-state index contributed by atoms with van der Waals surface area (Å²) in [5.74, 6) is -0.0164. The molecule has 0 saturated carbocycles. The molecule has 0 fully saturated rings. The Hall–Kier alpha value is -1.40. The molecule has 0 aliphatic heterocycles. The molecule has 108 valence electrons. The number of ether oxygens (including phenoxy) is 1. The van der Waals surface area contributed by atoms with Crippen LogP contribution in [0.25, 0.3) is 0 Å². The highest BCUT2D eigenvalue weighted by atomic mass is 79.9. The van der Waals surface area contributed by atoms with Gasteiger partial charge in [0.15, 0.2) is 5.75 Å².